The summed E-state index contributed by atoms with van der Waals surface area (Å²) < 4.78 is 26.6. The first-order chi connectivity index (χ1) is 14.5. The Morgan fingerprint density at radius 1 is 1.23 bits per heavy atom. The van der Waals surface area contributed by atoms with Crippen LogP contribution in [0.15, 0.2) is 53.7 Å². The zero-order valence-electron chi connectivity index (χ0n) is 16.5. The highest BCUT2D eigenvalue weighted by atomic mass is 32.2. The van der Waals surface area contributed by atoms with Gasteiger partial charge in [-0.15, -0.1) is 10.2 Å². The van der Waals surface area contributed by atoms with E-state index in [1.54, 1.807) is 31.4 Å². The van der Waals surface area contributed by atoms with E-state index in [-0.39, 0.29) is 24.1 Å². The molecule has 0 radical (unpaired) electrons. The average molecular weight is 432 g/mol. The van der Waals surface area contributed by atoms with Crippen LogP contribution in [0.1, 0.15) is 24.4 Å². The molecule has 0 aliphatic heterocycles. The van der Waals surface area contributed by atoms with Gasteiger partial charge in [0, 0.05) is 25.0 Å². The Kier molecular flexibility index (Phi) is 7.36. The first kappa shape index (κ1) is 21.7. The van der Waals surface area contributed by atoms with E-state index in [4.69, 9.17) is 9.47 Å². The number of nitro groups is 1. The number of nitro benzene ring substituents is 1. The van der Waals surface area contributed by atoms with E-state index in [2.05, 4.69) is 10.2 Å². The SMILES string of the molecule is COC[C@@H](C)n1c(COc2ccccc2F)nnc1SCc1cccc([N+](=O)[O-])c1. The van der Waals surface area contributed by atoms with Crippen LogP contribution < -0.4 is 4.74 Å². The summed E-state index contributed by atoms with van der Waals surface area (Å²) in [6, 6.07) is 12.5. The molecule has 8 nitrogen and oxygen atoms in total. The molecule has 1 atom stereocenters. The van der Waals surface area contributed by atoms with Gasteiger partial charge in [-0.05, 0) is 24.6 Å². The normalized spacial score (nSPS) is 12.0. The zero-order chi connectivity index (χ0) is 21.5. The van der Waals surface area contributed by atoms with Gasteiger partial charge >= 0.3 is 0 Å². The maximum absolute atomic E-state index is 13.8. The van der Waals surface area contributed by atoms with E-state index in [9.17, 15) is 14.5 Å². The van der Waals surface area contributed by atoms with Crippen LogP contribution in [0.5, 0.6) is 5.75 Å². The average Bonchev–Trinajstić information content (AvgIpc) is 3.15. The Morgan fingerprint density at radius 2 is 2.03 bits per heavy atom. The number of non-ortho nitro benzene ring substituents is 1. The van der Waals surface area contributed by atoms with Crippen LogP contribution in [0, 0.1) is 15.9 Å². The van der Waals surface area contributed by atoms with Crippen molar-refractivity contribution < 1.29 is 18.8 Å². The van der Waals surface area contributed by atoms with Crippen LogP contribution in [0.25, 0.3) is 0 Å². The molecule has 0 spiro atoms. The summed E-state index contributed by atoms with van der Waals surface area (Å²) in [6.45, 7) is 2.42. The van der Waals surface area contributed by atoms with Crippen LogP contribution in [0.3, 0.4) is 0 Å². The standard InChI is InChI=1S/C20H21FN4O4S/c1-14(11-28-2)24-19(12-29-18-9-4-3-8-17(18)21)22-23-20(24)30-13-15-6-5-7-16(10-15)25(26)27/h3-10,14H,11-13H2,1-2H3/t14-/m1/s1. The summed E-state index contributed by atoms with van der Waals surface area (Å²) in [5.74, 6) is 0.698. The van der Waals surface area contributed by atoms with E-state index in [1.807, 2.05) is 17.6 Å². The van der Waals surface area contributed by atoms with Gasteiger partial charge in [-0.2, -0.15) is 0 Å². The Labute approximate surface area is 177 Å². The summed E-state index contributed by atoms with van der Waals surface area (Å²) in [6.07, 6.45) is 0. The molecule has 2 aromatic carbocycles. The molecule has 30 heavy (non-hydrogen) atoms. The molecule has 0 saturated heterocycles. The Balaban J connectivity index is 1.77. The fourth-order valence-corrected chi connectivity index (χ4v) is 3.87. The maximum atomic E-state index is 13.8. The number of para-hydroxylation sites is 1. The summed E-state index contributed by atoms with van der Waals surface area (Å²) in [7, 11) is 1.60. The van der Waals surface area contributed by atoms with Gasteiger partial charge in [0.05, 0.1) is 17.6 Å². The van der Waals surface area contributed by atoms with Crippen molar-refractivity contribution in [3.05, 3.63) is 75.9 Å². The third kappa shape index (κ3) is 5.33. The number of methoxy groups -OCH3 is 1. The number of thioether (sulfide) groups is 1. The molecule has 1 aromatic heterocycles. The van der Waals surface area contributed by atoms with E-state index >= 15 is 0 Å². The Morgan fingerprint density at radius 3 is 2.77 bits per heavy atom. The van der Waals surface area contributed by atoms with E-state index < -0.39 is 10.7 Å². The number of halogens is 1. The van der Waals surface area contributed by atoms with Gasteiger partial charge in [0.2, 0.25) is 0 Å². The van der Waals surface area contributed by atoms with Crippen LogP contribution >= 0.6 is 11.8 Å². The fourth-order valence-electron chi connectivity index (χ4n) is 2.87. The molecule has 3 rings (SSSR count). The van der Waals surface area contributed by atoms with Crippen molar-refractivity contribution in [2.45, 2.75) is 30.5 Å². The second-order valence-electron chi connectivity index (χ2n) is 6.51. The van der Waals surface area contributed by atoms with Gasteiger partial charge in [0.1, 0.15) is 6.61 Å². The minimum Gasteiger partial charge on any atom is -0.483 e. The highest BCUT2D eigenvalue weighted by Crippen LogP contribution is 2.27. The van der Waals surface area contributed by atoms with Crippen LogP contribution in [-0.4, -0.2) is 33.4 Å². The number of nitrogens with zero attached hydrogens (tertiary/aromatic N) is 4. The first-order valence-corrected chi connectivity index (χ1v) is 10.1. The first-order valence-electron chi connectivity index (χ1n) is 9.15. The largest absolute Gasteiger partial charge is 0.483 e. The third-order valence-corrected chi connectivity index (χ3v) is 5.28. The molecule has 0 aliphatic rings. The lowest BCUT2D eigenvalue weighted by atomic mass is 10.2. The summed E-state index contributed by atoms with van der Waals surface area (Å²) in [4.78, 5) is 10.6. The van der Waals surface area contributed by atoms with Gasteiger partial charge in [-0.1, -0.05) is 36.0 Å². The summed E-state index contributed by atoms with van der Waals surface area (Å²) in [5.41, 5.74) is 0.841. The zero-order valence-corrected chi connectivity index (χ0v) is 17.3. The molecule has 1 heterocycles. The lowest BCUT2D eigenvalue weighted by Crippen LogP contribution is -2.16. The Bertz CT molecular complexity index is 1010. The second kappa shape index (κ2) is 10.2. The lowest BCUT2D eigenvalue weighted by Gasteiger charge is -2.17. The van der Waals surface area contributed by atoms with Gasteiger partial charge < -0.3 is 9.47 Å². The minimum atomic E-state index is -0.450. The summed E-state index contributed by atoms with van der Waals surface area (Å²) >= 11 is 1.40. The molecule has 158 valence electrons. The topological polar surface area (TPSA) is 92.3 Å². The maximum Gasteiger partial charge on any atom is 0.269 e. The van der Waals surface area contributed by atoms with E-state index in [0.717, 1.165) is 5.56 Å². The second-order valence-corrected chi connectivity index (χ2v) is 7.45. The molecule has 0 aliphatic carbocycles. The molecular formula is C20H21FN4O4S. The third-order valence-electron chi connectivity index (χ3n) is 4.27. The number of benzene rings is 2. The quantitative estimate of drug-likeness (QED) is 0.266. The number of aromatic nitrogens is 3. The van der Waals surface area contributed by atoms with Crippen molar-refractivity contribution in [3.63, 3.8) is 0 Å². The summed E-state index contributed by atoms with van der Waals surface area (Å²) in [5, 5.41) is 20.0. The van der Waals surface area contributed by atoms with E-state index in [1.165, 1.54) is 30.0 Å². The van der Waals surface area contributed by atoms with Crippen LogP contribution in [0.4, 0.5) is 10.1 Å². The van der Waals surface area contributed by atoms with Crippen molar-refractivity contribution in [3.8, 4) is 5.75 Å². The molecule has 0 unspecified atom stereocenters. The molecule has 3 aromatic rings. The number of hydrogen-bond donors (Lipinski definition) is 0. The highest BCUT2D eigenvalue weighted by molar-refractivity contribution is 7.98. The van der Waals surface area contributed by atoms with Crippen molar-refractivity contribution in [2.75, 3.05) is 13.7 Å². The predicted molar refractivity (Wildman–Crippen MR) is 110 cm³/mol. The lowest BCUT2D eigenvalue weighted by molar-refractivity contribution is -0.384. The number of rotatable bonds is 10. The number of ether oxygens (including phenoxy) is 2. The Hall–Kier alpha value is -2.98. The van der Waals surface area contributed by atoms with Gasteiger partial charge in [-0.25, -0.2) is 4.39 Å². The smallest absolute Gasteiger partial charge is 0.269 e. The van der Waals surface area contributed by atoms with Crippen molar-refractivity contribution in [1.29, 1.82) is 0 Å². The van der Waals surface area contributed by atoms with Gasteiger partial charge in [0.15, 0.2) is 22.5 Å². The fraction of sp³-hybridized carbons (Fsp3) is 0.300. The molecule has 0 saturated carbocycles. The predicted octanol–water partition coefficient (Wildman–Crippen LogP) is 4.40. The molecule has 0 bridgehead atoms. The highest BCUT2D eigenvalue weighted by Gasteiger charge is 2.19. The molecule has 0 amide bonds. The molecular weight excluding hydrogens is 411 g/mol. The van der Waals surface area contributed by atoms with E-state index in [0.29, 0.717) is 23.3 Å². The van der Waals surface area contributed by atoms with Gasteiger partial charge in [-0.3, -0.25) is 14.7 Å². The monoisotopic (exact) mass is 432 g/mol. The number of hydrogen-bond acceptors (Lipinski definition) is 7. The van der Waals surface area contributed by atoms with Crippen LogP contribution in [0.2, 0.25) is 0 Å². The van der Waals surface area contributed by atoms with Crippen molar-refractivity contribution in [2.24, 2.45) is 0 Å². The molecule has 0 N–H and O–H groups in total. The van der Waals surface area contributed by atoms with Crippen LogP contribution in [-0.2, 0) is 17.1 Å². The minimum absolute atomic E-state index is 0.0410. The van der Waals surface area contributed by atoms with Gasteiger partial charge in [0.25, 0.3) is 5.69 Å². The molecule has 0 fully saturated rings. The molecule has 10 heteroatoms. The van der Waals surface area contributed by atoms with Crippen molar-refractivity contribution >= 4 is 17.4 Å². The van der Waals surface area contributed by atoms with Crippen molar-refractivity contribution in [1.82, 2.24) is 14.8 Å².